The summed E-state index contributed by atoms with van der Waals surface area (Å²) in [6.07, 6.45) is 2.80. The Morgan fingerprint density at radius 2 is 1.66 bits per heavy atom. The number of benzene rings is 2. The molecule has 4 rings (SSSR count). The van der Waals surface area contributed by atoms with Gasteiger partial charge in [-0.2, -0.15) is 5.26 Å². The molecule has 146 valence electrons. The molecule has 5 heteroatoms. The molecule has 4 nitrogen and oxygen atoms in total. The second-order valence-electron chi connectivity index (χ2n) is 7.60. The molecule has 0 spiro atoms. The number of likely N-dealkylation sites (tertiary alicyclic amines) is 1. The third-order valence-corrected chi connectivity index (χ3v) is 5.93. The molecule has 0 aromatic heterocycles. The molecule has 2 aliphatic rings. The molecule has 1 saturated heterocycles. The number of amides is 1. The number of carbonyl (C=O) groups excluding carboxylic acids is 1. The predicted octanol–water partition coefficient (Wildman–Crippen LogP) is 3.20. The number of aliphatic hydroxyl groups excluding tert-OH is 1. The Hall–Kier alpha value is -3.15. The van der Waals surface area contributed by atoms with E-state index in [1.165, 1.54) is 12.1 Å². The van der Waals surface area contributed by atoms with Crippen molar-refractivity contribution in [1.29, 1.82) is 5.26 Å². The zero-order valence-corrected chi connectivity index (χ0v) is 15.9. The van der Waals surface area contributed by atoms with Gasteiger partial charge in [-0.25, -0.2) is 4.39 Å². The molecule has 1 aliphatic carbocycles. The first-order valence-corrected chi connectivity index (χ1v) is 9.82. The second kappa shape index (κ2) is 8.07. The maximum absolute atomic E-state index is 13.0. The van der Waals surface area contributed by atoms with Gasteiger partial charge in [0.1, 0.15) is 11.9 Å². The van der Waals surface area contributed by atoms with Gasteiger partial charge in [-0.3, -0.25) is 4.79 Å². The Morgan fingerprint density at radius 3 is 2.14 bits per heavy atom. The van der Waals surface area contributed by atoms with Crippen LogP contribution in [0.15, 0.2) is 48.5 Å². The lowest BCUT2D eigenvalue weighted by Crippen LogP contribution is -2.66. The molecule has 29 heavy (non-hydrogen) atoms. The predicted molar refractivity (Wildman–Crippen MR) is 106 cm³/mol. The Morgan fingerprint density at radius 1 is 1.07 bits per heavy atom. The van der Waals surface area contributed by atoms with E-state index >= 15 is 0 Å². The van der Waals surface area contributed by atoms with E-state index in [4.69, 9.17) is 0 Å². The fourth-order valence-electron chi connectivity index (χ4n) is 4.04. The molecule has 3 atom stereocenters. The van der Waals surface area contributed by atoms with E-state index in [0.717, 1.165) is 36.0 Å². The minimum atomic E-state index is -0.545. The van der Waals surface area contributed by atoms with Crippen molar-refractivity contribution in [1.82, 2.24) is 4.90 Å². The van der Waals surface area contributed by atoms with Crippen LogP contribution < -0.4 is 0 Å². The molecule has 1 saturated carbocycles. The van der Waals surface area contributed by atoms with Gasteiger partial charge in [0.05, 0.1) is 18.7 Å². The smallest absolute Gasteiger partial charge is 0.227 e. The van der Waals surface area contributed by atoms with Crippen molar-refractivity contribution in [3.05, 3.63) is 71.0 Å². The van der Waals surface area contributed by atoms with Crippen molar-refractivity contribution >= 4 is 5.91 Å². The largest absolute Gasteiger partial charge is 0.394 e. The molecular formula is C24H21FN2O2. The van der Waals surface area contributed by atoms with Crippen LogP contribution in [0.25, 0.3) is 0 Å². The van der Waals surface area contributed by atoms with Crippen LogP contribution in [0.2, 0.25) is 0 Å². The van der Waals surface area contributed by atoms with Gasteiger partial charge in [-0.05, 0) is 54.8 Å². The fourth-order valence-corrected chi connectivity index (χ4v) is 4.04. The highest BCUT2D eigenvalue weighted by molar-refractivity contribution is 5.82. The van der Waals surface area contributed by atoms with Crippen molar-refractivity contribution in [2.24, 2.45) is 5.92 Å². The molecule has 2 aromatic carbocycles. The van der Waals surface area contributed by atoms with Crippen molar-refractivity contribution in [3.8, 4) is 17.9 Å². The Labute approximate surface area is 169 Å². The molecular weight excluding hydrogens is 367 g/mol. The van der Waals surface area contributed by atoms with Crippen molar-refractivity contribution in [3.63, 3.8) is 0 Å². The zero-order chi connectivity index (χ0) is 20.4. The minimum absolute atomic E-state index is 0.000107. The summed E-state index contributed by atoms with van der Waals surface area (Å²) >= 11 is 0. The highest BCUT2D eigenvalue weighted by Gasteiger charge is 2.53. The first-order valence-electron chi connectivity index (χ1n) is 9.82. The number of hydrogen-bond acceptors (Lipinski definition) is 3. The summed E-state index contributed by atoms with van der Waals surface area (Å²) in [6, 6.07) is 14.9. The van der Waals surface area contributed by atoms with E-state index in [-0.39, 0.29) is 36.2 Å². The van der Waals surface area contributed by atoms with Crippen LogP contribution in [0.4, 0.5) is 4.39 Å². The van der Waals surface area contributed by atoms with Gasteiger partial charge in [-0.15, -0.1) is 0 Å². The number of hydrogen-bond donors (Lipinski definition) is 1. The van der Waals surface area contributed by atoms with E-state index in [0.29, 0.717) is 0 Å². The molecule has 1 heterocycles. The van der Waals surface area contributed by atoms with Crippen LogP contribution in [0.3, 0.4) is 0 Å². The summed E-state index contributed by atoms with van der Waals surface area (Å²) in [5.41, 5.74) is 2.44. The van der Waals surface area contributed by atoms with Gasteiger partial charge in [0, 0.05) is 23.0 Å². The van der Waals surface area contributed by atoms with Gasteiger partial charge in [-0.1, -0.05) is 30.4 Å². The molecule has 0 bridgehead atoms. The summed E-state index contributed by atoms with van der Waals surface area (Å²) in [7, 11) is 0. The quantitative estimate of drug-likeness (QED) is 0.822. The first kappa shape index (κ1) is 19.2. The van der Waals surface area contributed by atoms with Crippen LogP contribution in [-0.2, 0) is 4.79 Å². The molecule has 1 aliphatic heterocycles. The molecule has 1 amide bonds. The molecule has 2 fully saturated rings. The van der Waals surface area contributed by atoms with Gasteiger partial charge in [0.15, 0.2) is 0 Å². The van der Waals surface area contributed by atoms with E-state index in [1.807, 2.05) is 24.3 Å². The van der Waals surface area contributed by atoms with E-state index in [9.17, 15) is 19.6 Å². The molecule has 0 unspecified atom stereocenters. The van der Waals surface area contributed by atoms with Crippen LogP contribution >= 0.6 is 0 Å². The van der Waals surface area contributed by atoms with E-state index in [1.54, 1.807) is 17.0 Å². The first-order chi connectivity index (χ1) is 14.1. The van der Waals surface area contributed by atoms with Crippen molar-refractivity contribution in [2.75, 3.05) is 6.61 Å². The zero-order valence-electron chi connectivity index (χ0n) is 15.9. The van der Waals surface area contributed by atoms with Crippen LogP contribution in [0, 0.1) is 34.9 Å². The standard InChI is InChI=1S/C24H21FN2O2/c25-20-12-8-17(9-13-20)5-4-16-6-10-18(11-7-16)23-21(14-26)27(22(23)15-28)24(29)19-2-1-3-19/h6-13,19,21-23,28H,1-3,15H2/t21-,22-,23-/m0/s1. The maximum Gasteiger partial charge on any atom is 0.227 e. The lowest BCUT2D eigenvalue weighted by Gasteiger charge is -2.53. The topological polar surface area (TPSA) is 64.3 Å². The molecule has 0 radical (unpaired) electrons. The monoisotopic (exact) mass is 388 g/mol. The number of aliphatic hydroxyl groups is 1. The van der Waals surface area contributed by atoms with Crippen molar-refractivity contribution in [2.45, 2.75) is 37.3 Å². The lowest BCUT2D eigenvalue weighted by atomic mass is 9.73. The third kappa shape index (κ3) is 3.62. The molecule has 1 N–H and O–H groups in total. The summed E-state index contributed by atoms with van der Waals surface area (Å²) in [4.78, 5) is 14.2. The van der Waals surface area contributed by atoms with Gasteiger partial charge >= 0.3 is 0 Å². The minimum Gasteiger partial charge on any atom is -0.394 e. The lowest BCUT2D eigenvalue weighted by molar-refractivity contribution is -0.154. The summed E-state index contributed by atoms with van der Waals surface area (Å²) in [6.45, 7) is -0.159. The van der Waals surface area contributed by atoms with E-state index < -0.39 is 6.04 Å². The number of nitriles is 1. The normalized spacial score (nSPS) is 23.2. The number of rotatable bonds is 3. The van der Waals surface area contributed by atoms with Crippen LogP contribution in [0.1, 0.15) is 41.9 Å². The van der Waals surface area contributed by atoms with Crippen LogP contribution in [-0.4, -0.2) is 34.6 Å². The summed E-state index contributed by atoms with van der Waals surface area (Å²) < 4.78 is 13.0. The Kier molecular flexibility index (Phi) is 5.34. The highest BCUT2D eigenvalue weighted by Crippen LogP contribution is 2.43. The fraction of sp³-hybridized carbons (Fsp3) is 0.333. The van der Waals surface area contributed by atoms with Gasteiger partial charge in [0.25, 0.3) is 0 Å². The summed E-state index contributed by atoms with van der Waals surface area (Å²) in [5, 5.41) is 19.5. The van der Waals surface area contributed by atoms with Crippen molar-refractivity contribution < 1.29 is 14.3 Å². The molecule has 2 aromatic rings. The van der Waals surface area contributed by atoms with Gasteiger partial charge < -0.3 is 10.0 Å². The maximum atomic E-state index is 13.0. The SMILES string of the molecule is N#C[C@H]1[C@H](c2ccc(C#Cc3ccc(F)cc3)cc2)[C@H](CO)N1C(=O)C1CCC1. The average molecular weight is 388 g/mol. The Balaban J connectivity index is 1.50. The van der Waals surface area contributed by atoms with E-state index in [2.05, 4.69) is 17.9 Å². The summed E-state index contributed by atoms with van der Waals surface area (Å²) in [5.74, 6) is 5.54. The second-order valence-corrected chi connectivity index (χ2v) is 7.60. The van der Waals surface area contributed by atoms with Crippen LogP contribution in [0.5, 0.6) is 0 Å². The number of carbonyl (C=O) groups is 1. The number of halogens is 1. The highest BCUT2D eigenvalue weighted by atomic mass is 19.1. The number of nitrogens with zero attached hydrogens (tertiary/aromatic N) is 2. The average Bonchev–Trinajstić information content (AvgIpc) is 2.67. The Bertz CT molecular complexity index is 994. The third-order valence-electron chi connectivity index (χ3n) is 5.93. The van der Waals surface area contributed by atoms with Gasteiger partial charge in [0.2, 0.25) is 5.91 Å².